The summed E-state index contributed by atoms with van der Waals surface area (Å²) in [5.41, 5.74) is -2.46. The van der Waals surface area contributed by atoms with Crippen LogP contribution in [0.15, 0.2) is 22.7 Å². The van der Waals surface area contributed by atoms with Crippen LogP contribution in [-0.2, 0) is 4.79 Å². The van der Waals surface area contributed by atoms with Crippen LogP contribution in [0.4, 0.5) is 4.39 Å². The minimum Gasteiger partial charge on any atom is -0.479 e. The van der Waals surface area contributed by atoms with Crippen molar-refractivity contribution in [2.45, 2.75) is 19.4 Å². The van der Waals surface area contributed by atoms with E-state index >= 15 is 0 Å². The lowest BCUT2D eigenvalue weighted by Gasteiger charge is -2.18. The second-order valence-corrected chi connectivity index (χ2v) is 5.73. The van der Waals surface area contributed by atoms with E-state index in [-0.39, 0.29) is 27.6 Å². The van der Waals surface area contributed by atoms with Crippen molar-refractivity contribution in [1.82, 2.24) is 10.5 Å². The number of carbonyl (C=O) groups excluding carboxylic acids is 1. The highest BCUT2D eigenvalue weighted by Crippen LogP contribution is 2.33. The van der Waals surface area contributed by atoms with Crippen molar-refractivity contribution in [2.24, 2.45) is 0 Å². The fraction of sp³-hybridized carbons (Fsp3) is 0.267. The number of amides is 1. The van der Waals surface area contributed by atoms with E-state index in [4.69, 9.17) is 21.2 Å². The number of halogens is 2. The molecule has 0 saturated heterocycles. The van der Waals surface area contributed by atoms with Gasteiger partial charge < -0.3 is 20.1 Å². The number of carbonyl (C=O) groups is 2. The Morgan fingerprint density at radius 1 is 1.46 bits per heavy atom. The van der Waals surface area contributed by atoms with Gasteiger partial charge in [-0.05, 0) is 26.0 Å². The highest BCUT2D eigenvalue weighted by Gasteiger charge is 2.32. The summed E-state index contributed by atoms with van der Waals surface area (Å²) >= 11 is 5.97. The molecule has 0 fully saturated rings. The lowest BCUT2D eigenvalue weighted by atomic mass is 10.0. The molecule has 3 N–H and O–H groups in total. The van der Waals surface area contributed by atoms with E-state index in [9.17, 15) is 19.1 Å². The number of aromatic nitrogens is 1. The SMILES string of the molecule is Cc1onc(-c2c(F)cccc2Cl)c1C(=O)NCC(C)(O)C(=O)O. The highest BCUT2D eigenvalue weighted by atomic mass is 35.5. The van der Waals surface area contributed by atoms with E-state index in [2.05, 4.69) is 10.5 Å². The topological polar surface area (TPSA) is 113 Å². The number of aliphatic carboxylic acids is 1. The number of aryl methyl sites for hydroxylation is 1. The molecule has 7 nitrogen and oxygen atoms in total. The van der Waals surface area contributed by atoms with Crippen molar-refractivity contribution in [3.05, 3.63) is 40.4 Å². The van der Waals surface area contributed by atoms with Crippen molar-refractivity contribution >= 4 is 23.5 Å². The number of rotatable bonds is 5. The summed E-state index contributed by atoms with van der Waals surface area (Å²) in [4.78, 5) is 23.2. The summed E-state index contributed by atoms with van der Waals surface area (Å²) < 4.78 is 19.0. The van der Waals surface area contributed by atoms with E-state index in [1.165, 1.54) is 19.1 Å². The molecule has 1 amide bonds. The number of hydrogen-bond donors (Lipinski definition) is 3. The zero-order chi connectivity index (χ0) is 18.1. The fourth-order valence-electron chi connectivity index (χ4n) is 1.95. The molecule has 0 aliphatic rings. The van der Waals surface area contributed by atoms with E-state index in [1.54, 1.807) is 0 Å². The third-order valence-electron chi connectivity index (χ3n) is 3.34. The average Bonchev–Trinajstić information content (AvgIpc) is 2.86. The third kappa shape index (κ3) is 3.39. The maximum atomic E-state index is 14.1. The number of aliphatic hydroxyl groups is 1. The summed E-state index contributed by atoms with van der Waals surface area (Å²) in [5.74, 6) is -2.87. The van der Waals surface area contributed by atoms with Gasteiger partial charge in [-0.2, -0.15) is 0 Å². The molecule has 1 atom stereocenters. The van der Waals surface area contributed by atoms with E-state index < -0.39 is 29.8 Å². The molecule has 2 rings (SSSR count). The van der Waals surface area contributed by atoms with Gasteiger partial charge in [0.1, 0.15) is 22.8 Å². The smallest absolute Gasteiger partial charge is 0.337 e. The van der Waals surface area contributed by atoms with Crippen LogP contribution in [0.25, 0.3) is 11.3 Å². The molecule has 0 aliphatic carbocycles. The van der Waals surface area contributed by atoms with Crippen LogP contribution < -0.4 is 5.32 Å². The number of nitrogens with one attached hydrogen (secondary N) is 1. The lowest BCUT2D eigenvalue weighted by molar-refractivity contribution is -0.155. The van der Waals surface area contributed by atoms with Gasteiger partial charge in [-0.25, -0.2) is 9.18 Å². The van der Waals surface area contributed by atoms with Gasteiger partial charge in [0.2, 0.25) is 0 Å². The Morgan fingerprint density at radius 2 is 2.12 bits per heavy atom. The second-order valence-electron chi connectivity index (χ2n) is 5.32. The molecule has 1 unspecified atom stereocenters. The average molecular weight is 357 g/mol. The van der Waals surface area contributed by atoms with Gasteiger partial charge in [0.15, 0.2) is 5.60 Å². The van der Waals surface area contributed by atoms with Crippen LogP contribution in [0.3, 0.4) is 0 Å². The van der Waals surface area contributed by atoms with Gasteiger partial charge in [-0.3, -0.25) is 4.79 Å². The third-order valence-corrected chi connectivity index (χ3v) is 3.66. The summed E-state index contributed by atoms with van der Waals surface area (Å²) in [5, 5.41) is 24.5. The molecule has 24 heavy (non-hydrogen) atoms. The fourth-order valence-corrected chi connectivity index (χ4v) is 2.20. The number of hydrogen-bond acceptors (Lipinski definition) is 5. The molecule has 0 saturated carbocycles. The summed E-state index contributed by atoms with van der Waals surface area (Å²) in [6.45, 7) is 1.91. The van der Waals surface area contributed by atoms with E-state index in [0.29, 0.717) is 0 Å². The highest BCUT2D eigenvalue weighted by molar-refractivity contribution is 6.33. The maximum Gasteiger partial charge on any atom is 0.337 e. The minimum atomic E-state index is -2.16. The predicted octanol–water partition coefficient (Wildman–Crippen LogP) is 2.01. The van der Waals surface area contributed by atoms with Gasteiger partial charge in [0.05, 0.1) is 17.1 Å². The molecule has 2 aromatic rings. The van der Waals surface area contributed by atoms with Gasteiger partial charge in [-0.15, -0.1) is 0 Å². The van der Waals surface area contributed by atoms with Gasteiger partial charge >= 0.3 is 5.97 Å². The Kier molecular flexibility index (Phi) is 4.91. The first-order valence-electron chi connectivity index (χ1n) is 6.79. The Morgan fingerprint density at radius 3 is 2.71 bits per heavy atom. The first-order chi connectivity index (χ1) is 11.1. The summed E-state index contributed by atoms with van der Waals surface area (Å²) in [7, 11) is 0. The lowest BCUT2D eigenvalue weighted by Crippen LogP contribution is -2.46. The van der Waals surface area contributed by atoms with Crippen molar-refractivity contribution in [1.29, 1.82) is 0 Å². The molecular formula is C15H14ClFN2O5. The first-order valence-corrected chi connectivity index (χ1v) is 7.17. The molecule has 0 bridgehead atoms. The maximum absolute atomic E-state index is 14.1. The first kappa shape index (κ1) is 17.9. The molecular weight excluding hydrogens is 343 g/mol. The monoisotopic (exact) mass is 356 g/mol. The largest absolute Gasteiger partial charge is 0.479 e. The molecule has 0 aliphatic heterocycles. The molecule has 1 aromatic carbocycles. The van der Waals surface area contributed by atoms with Crippen LogP contribution in [-0.4, -0.2) is 39.4 Å². The standard InChI is InChI=1S/C15H14ClFN2O5/c1-7-10(13(20)18-6-15(2,23)14(21)22)12(19-24-7)11-8(16)4-3-5-9(11)17/h3-5,23H,6H2,1-2H3,(H,18,20)(H,21,22). The van der Waals surface area contributed by atoms with Crippen LogP contribution >= 0.6 is 11.6 Å². The van der Waals surface area contributed by atoms with Crippen molar-refractivity contribution in [3.63, 3.8) is 0 Å². The molecule has 9 heteroatoms. The summed E-state index contributed by atoms with van der Waals surface area (Å²) in [6.07, 6.45) is 0. The zero-order valence-corrected chi connectivity index (χ0v) is 13.5. The van der Waals surface area contributed by atoms with Crippen LogP contribution in [0.1, 0.15) is 23.0 Å². The second kappa shape index (κ2) is 6.58. The Labute approximate surface area is 141 Å². The Bertz CT molecular complexity index is 783. The molecule has 1 heterocycles. The Balaban J connectivity index is 2.37. The van der Waals surface area contributed by atoms with E-state index in [1.807, 2.05) is 0 Å². The van der Waals surface area contributed by atoms with E-state index in [0.717, 1.165) is 13.0 Å². The number of nitrogens with zero attached hydrogens (tertiary/aromatic N) is 1. The van der Waals surface area contributed by atoms with Crippen LogP contribution in [0.2, 0.25) is 5.02 Å². The normalized spacial score (nSPS) is 13.4. The van der Waals surface area contributed by atoms with Crippen LogP contribution in [0, 0.1) is 12.7 Å². The molecule has 128 valence electrons. The molecule has 1 aromatic heterocycles. The van der Waals surface area contributed by atoms with Gasteiger partial charge in [0.25, 0.3) is 5.91 Å². The van der Waals surface area contributed by atoms with Crippen molar-refractivity contribution < 1.29 is 28.7 Å². The Hall–Kier alpha value is -2.45. The minimum absolute atomic E-state index is 0.0369. The predicted molar refractivity (Wildman–Crippen MR) is 82.2 cm³/mol. The number of carboxylic acids is 1. The van der Waals surface area contributed by atoms with Crippen molar-refractivity contribution in [3.8, 4) is 11.3 Å². The zero-order valence-electron chi connectivity index (χ0n) is 12.8. The van der Waals surface area contributed by atoms with Crippen molar-refractivity contribution in [2.75, 3.05) is 6.54 Å². The molecule has 0 radical (unpaired) electrons. The summed E-state index contributed by atoms with van der Waals surface area (Å²) in [6, 6.07) is 3.99. The number of carboxylic acid groups (broad SMARTS) is 1. The quantitative estimate of drug-likeness (QED) is 0.755. The van der Waals surface area contributed by atoms with Gasteiger partial charge in [-0.1, -0.05) is 22.8 Å². The molecule has 0 spiro atoms. The number of benzene rings is 1. The van der Waals surface area contributed by atoms with Crippen LogP contribution in [0.5, 0.6) is 0 Å². The van der Waals surface area contributed by atoms with Gasteiger partial charge in [0, 0.05) is 0 Å².